The number of nitrogens with zero attached hydrogens (tertiary/aromatic N) is 2. The molecule has 2 heterocycles. The molecule has 0 saturated carbocycles. The highest BCUT2D eigenvalue weighted by Gasteiger charge is 2.42. The van der Waals surface area contributed by atoms with E-state index in [1.165, 1.54) is 0 Å². The van der Waals surface area contributed by atoms with Gasteiger partial charge in [0.05, 0.1) is 12.1 Å². The number of benzene rings is 2. The predicted molar refractivity (Wildman–Crippen MR) is 128 cm³/mol. The fraction of sp³-hybridized carbons (Fsp3) is 0.360. The van der Waals surface area contributed by atoms with Gasteiger partial charge in [-0.25, -0.2) is 0 Å². The summed E-state index contributed by atoms with van der Waals surface area (Å²) in [5.41, 5.74) is 5.47. The minimum Gasteiger partial charge on any atom is -0.507 e. The van der Waals surface area contributed by atoms with E-state index in [0.717, 1.165) is 33.1 Å². The number of fused-ring (bicyclic) bond motifs is 1. The van der Waals surface area contributed by atoms with Crippen LogP contribution >= 0.6 is 15.9 Å². The van der Waals surface area contributed by atoms with Gasteiger partial charge in [0.25, 0.3) is 5.91 Å². The molecule has 6 nitrogen and oxygen atoms in total. The number of aromatic amines is 1. The molecule has 2 N–H and O–H groups in total. The Morgan fingerprint density at radius 2 is 1.94 bits per heavy atom. The average molecular weight is 498 g/mol. The van der Waals surface area contributed by atoms with Crippen molar-refractivity contribution in [3.05, 3.63) is 68.8 Å². The lowest BCUT2D eigenvalue weighted by Crippen LogP contribution is -2.31. The number of phenolic OH excluding ortho intramolecular Hbond substituents is 1. The van der Waals surface area contributed by atoms with Crippen LogP contribution in [-0.2, 0) is 4.74 Å². The molecular formula is C25H28BrN3O3. The third-order valence-corrected chi connectivity index (χ3v) is 6.27. The molecule has 0 fully saturated rings. The molecule has 1 unspecified atom stereocenters. The van der Waals surface area contributed by atoms with Gasteiger partial charge >= 0.3 is 0 Å². The van der Waals surface area contributed by atoms with Gasteiger partial charge in [-0.2, -0.15) is 5.10 Å². The number of H-pyrrole nitrogens is 1. The summed E-state index contributed by atoms with van der Waals surface area (Å²) in [6, 6.07) is 11.5. The Morgan fingerprint density at radius 3 is 2.59 bits per heavy atom. The van der Waals surface area contributed by atoms with Crippen LogP contribution in [0.2, 0.25) is 0 Å². The molecule has 0 spiro atoms. The minimum absolute atomic E-state index is 0.0829. The van der Waals surface area contributed by atoms with E-state index in [-0.39, 0.29) is 23.8 Å². The molecule has 32 heavy (non-hydrogen) atoms. The number of amides is 1. The lowest BCUT2D eigenvalue weighted by molar-refractivity contribution is 0.0601. The van der Waals surface area contributed by atoms with E-state index in [0.29, 0.717) is 30.1 Å². The van der Waals surface area contributed by atoms with Crippen LogP contribution in [0.15, 0.2) is 40.9 Å². The zero-order chi connectivity index (χ0) is 23.0. The maximum absolute atomic E-state index is 13.4. The maximum Gasteiger partial charge on any atom is 0.273 e. The molecule has 1 aromatic heterocycles. The first-order chi connectivity index (χ1) is 15.3. The minimum atomic E-state index is -0.293. The summed E-state index contributed by atoms with van der Waals surface area (Å²) in [6.45, 7) is 9.06. The first-order valence-electron chi connectivity index (χ1n) is 10.8. The highest BCUT2D eigenvalue weighted by atomic mass is 79.9. The lowest BCUT2D eigenvalue weighted by atomic mass is 9.93. The fourth-order valence-electron chi connectivity index (χ4n) is 4.42. The van der Waals surface area contributed by atoms with Crippen molar-refractivity contribution in [1.82, 2.24) is 15.1 Å². The number of hydrogen-bond donors (Lipinski definition) is 2. The van der Waals surface area contributed by atoms with E-state index in [1.54, 1.807) is 6.07 Å². The molecule has 0 aliphatic carbocycles. The molecule has 1 amide bonds. The summed E-state index contributed by atoms with van der Waals surface area (Å²) in [4.78, 5) is 15.3. The first-order valence-corrected chi connectivity index (χ1v) is 11.6. The van der Waals surface area contributed by atoms with Gasteiger partial charge in [-0.05, 0) is 69.0 Å². The fourth-order valence-corrected chi connectivity index (χ4v) is 4.68. The van der Waals surface area contributed by atoms with Crippen molar-refractivity contribution in [3.8, 4) is 17.0 Å². The number of hydrogen-bond acceptors (Lipinski definition) is 4. The van der Waals surface area contributed by atoms with Crippen LogP contribution in [0.4, 0.5) is 0 Å². The quantitative estimate of drug-likeness (QED) is 0.421. The zero-order valence-corrected chi connectivity index (χ0v) is 20.4. The predicted octanol–water partition coefficient (Wildman–Crippen LogP) is 5.52. The molecule has 0 saturated heterocycles. The van der Waals surface area contributed by atoms with Crippen LogP contribution in [0.5, 0.6) is 5.75 Å². The second-order valence-corrected chi connectivity index (χ2v) is 9.48. The number of aryl methyl sites for hydroxylation is 2. The summed E-state index contributed by atoms with van der Waals surface area (Å²) < 4.78 is 6.66. The number of carbonyl (C=O) groups excluding carboxylic acids is 1. The highest BCUT2D eigenvalue weighted by Crippen LogP contribution is 2.45. The van der Waals surface area contributed by atoms with Gasteiger partial charge in [-0.3, -0.25) is 9.89 Å². The Balaban J connectivity index is 1.79. The molecular weight excluding hydrogens is 470 g/mol. The molecule has 4 rings (SSSR count). The summed E-state index contributed by atoms with van der Waals surface area (Å²) in [6.07, 6.45) is 0.890. The lowest BCUT2D eigenvalue weighted by Gasteiger charge is -2.27. The molecule has 2 aromatic carbocycles. The van der Waals surface area contributed by atoms with Crippen molar-refractivity contribution in [2.75, 3.05) is 13.2 Å². The monoisotopic (exact) mass is 497 g/mol. The van der Waals surface area contributed by atoms with E-state index >= 15 is 0 Å². The Morgan fingerprint density at radius 1 is 1.22 bits per heavy atom. The third kappa shape index (κ3) is 4.19. The number of halogens is 1. The van der Waals surface area contributed by atoms with Gasteiger partial charge in [0.2, 0.25) is 0 Å². The summed E-state index contributed by atoms with van der Waals surface area (Å²) in [5, 5.41) is 18.2. The van der Waals surface area contributed by atoms with Crippen molar-refractivity contribution in [3.63, 3.8) is 0 Å². The first kappa shape index (κ1) is 22.6. The highest BCUT2D eigenvalue weighted by molar-refractivity contribution is 9.10. The molecule has 1 atom stereocenters. The second kappa shape index (κ2) is 9.08. The number of carbonyl (C=O) groups is 1. The van der Waals surface area contributed by atoms with Gasteiger partial charge in [0.15, 0.2) is 0 Å². The van der Waals surface area contributed by atoms with Gasteiger partial charge < -0.3 is 14.7 Å². The molecule has 168 valence electrons. The summed E-state index contributed by atoms with van der Waals surface area (Å²) in [5.74, 6) is 0.0862. The van der Waals surface area contributed by atoms with Gasteiger partial charge in [-0.1, -0.05) is 34.1 Å². The Kier molecular flexibility index (Phi) is 6.40. The normalized spacial score (nSPS) is 15.6. The standard InChI is InChI=1S/C25H28BrN3O3/c1-14(2)32-11-5-10-29-24(17-6-8-18(26)9-7-17)21-22(27-28-23(21)25(29)31)20-16(4)12-15(3)13-19(20)30/h6-9,12-14,24,30H,5,10-11H2,1-4H3,(H,27,28). The van der Waals surface area contributed by atoms with Gasteiger partial charge in [-0.15, -0.1) is 0 Å². The van der Waals surface area contributed by atoms with Crippen molar-refractivity contribution >= 4 is 21.8 Å². The van der Waals surface area contributed by atoms with Gasteiger partial charge in [0, 0.05) is 28.8 Å². The van der Waals surface area contributed by atoms with E-state index in [1.807, 2.05) is 62.9 Å². The van der Waals surface area contributed by atoms with Crippen LogP contribution in [0.25, 0.3) is 11.3 Å². The second-order valence-electron chi connectivity index (χ2n) is 8.56. The number of aromatic hydroxyl groups is 1. The molecule has 0 radical (unpaired) electrons. The largest absolute Gasteiger partial charge is 0.507 e. The Hall–Kier alpha value is -2.64. The topological polar surface area (TPSA) is 78.5 Å². The van der Waals surface area contributed by atoms with Crippen LogP contribution in [0, 0.1) is 13.8 Å². The van der Waals surface area contributed by atoms with E-state index < -0.39 is 0 Å². The maximum atomic E-state index is 13.4. The Bertz CT molecular complexity index is 1110. The van der Waals surface area contributed by atoms with E-state index in [4.69, 9.17) is 4.74 Å². The van der Waals surface area contributed by atoms with Crippen molar-refractivity contribution in [2.24, 2.45) is 0 Å². The number of ether oxygens (including phenoxy) is 1. The van der Waals surface area contributed by atoms with Crippen molar-refractivity contribution in [1.29, 1.82) is 0 Å². The zero-order valence-electron chi connectivity index (χ0n) is 18.8. The number of phenols is 1. The number of nitrogens with one attached hydrogen (secondary N) is 1. The summed E-state index contributed by atoms with van der Waals surface area (Å²) in [7, 11) is 0. The molecule has 0 bridgehead atoms. The molecule has 7 heteroatoms. The Labute approximate surface area is 196 Å². The van der Waals surface area contributed by atoms with Crippen LogP contribution in [-0.4, -0.2) is 45.4 Å². The van der Waals surface area contributed by atoms with Gasteiger partial charge in [0.1, 0.15) is 17.1 Å². The van der Waals surface area contributed by atoms with E-state index in [2.05, 4.69) is 26.1 Å². The van der Waals surface area contributed by atoms with Crippen LogP contribution < -0.4 is 0 Å². The van der Waals surface area contributed by atoms with E-state index in [9.17, 15) is 9.90 Å². The summed E-state index contributed by atoms with van der Waals surface area (Å²) >= 11 is 3.50. The average Bonchev–Trinajstić information content (AvgIpc) is 3.25. The van der Waals surface area contributed by atoms with Crippen molar-refractivity contribution < 1.29 is 14.6 Å². The third-order valence-electron chi connectivity index (χ3n) is 5.74. The number of aromatic nitrogens is 2. The molecule has 1 aliphatic heterocycles. The number of rotatable bonds is 7. The SMILES string of the molecule is Cc1cc(C)c(-c2n[nH]c3c2C(c2ccc(Br)cc2)N(CCCOC(C)C)C3=O)c(O)c1. The molecule has 3 aromatic rings. The smallest absolute Gasteiger partial charge is 0.273 e. The van der Waals surface area contributed by atoms with Crippen LogP contribution in [0.1, 0.15) is 59.1 Å². The van der Waals surface area contributed by atoms with Crippen molar-refractivity contribution in [2.45, 2.75) is 46.3 Å². The molecule has 1 aliphatic rings. The van der Waals surface area contributed by atoms with Crippen LogP contribution in [0.3, 0.4) is 0 Å².